The predicted octanol–water partition coefficient (Wildman–Crippen LogP) is 5.85. The van der Waals surface area contributed by atoms with Gasteiger partial charge in [-0.3, -0.25) is 0 Å². The lowest BCUT2D eigenvalue weighted by Crippen LogP contribution is -2.10. The molecule has 1 heterocycles. The van der Waals surface area contributed by atoms with Gasteiger partial charge in [-0.05, 0) is 62.2 Å². The molecule has 0 aliphatic rings. The second-order valence-corrected chi connectivity index (χ2v) is 8.30. The van der Waals surface area contributed by atoms with Crippen LogP contribution >= 0.6 is 11.3 Å². The van der Waals surface area contributed by atoms with Crippen LogP contribution in [0.2, 0.25) is 0 Å². The van der Waals surface area contributed by atoms with Gasteiger partial charge in [0.2, 0.25) is 0 Å². The van der Waals surface area contributed by atoms with E-state index in [1.807, 2.05) is 6.07 Å². The van der Waals surface area contributed by atoms with E-state index in [2.05, 4.69) is 10.1 Å². The van der Waals surface area contributed by atoms with Gasteiger partial charge >= 0.3 is 12.1 Å². The number of carboxylic acids is 1. The second-order valence-electron chi connectivity index (χ2n) is 7.22. The average molecular weight is 478 g/mol. The SMILES string of the molecule is CC(=NOCc1sc(-c2ccc(C(F)(F)F)cc2)nc1C)c1ccc(OCC(=O)O)c(C)c1. The summed E-state index contributed by atoms with van der Waals surface area (Å²) in [6.45, 7) is 5.13. The summed E-state index contributed by atoms with van der Waals surface area (Å²) in [6, 6.07) is 10.1. The summed E-state index contributed by atoms with van der Waals surface area (Å²) in [4.78, 5) is 21.4. The molecular formula is C23H21F3N2O4S. The van der Waals surface area contributed by atoms with E-state index in [-0.39, 0.29) is 6.61 Å². The smallest absolute Gasteiger partial charge is 0.416 e. The van der Waals surface area contributed by atoms with Gasteiger partial charge in [0.15, 0.2) is 13.2 Å². The first-order chi connectivity index (χ1) is 15.5. The largest absolute Gasteiger partial charge is 0.482 e. The summed E-state index contributed by atoms with van der Waals surface area (Å²) in [6.07, 6.45) is -4.38. The van der Waals surface area contributed by atoms with E-state index in [1.165, 1.54) is 23.5 Å². The fourth-order valence-electron chi connectivity index (χ4n) is 2.90. The Balaban J connectivity index is 1.65. The summed E-state index contributed by atoms with van der Waals surface area (Å²) in [5.41, 5.74) is 2.79. The number of ether oxygens (including phenoxy) is 1. The van der Waals surface area contributed by atoms with Crippen molar-refractivity contribution in [2.45, 2.75) is 33.6 Å². The number of hydrogen-bond acceptors (Lipinski definition) is 6. The van der Waals surface area contributed by atoms with Gasteiger partial charge in [-0.25, -0.2) is 9.78 Å². The number of halogens is 3. The highest BCUT2D eigenvalue weighted by atomic mass is 32.1. The third-order valence-electron chi connectivity index (χ3n) is 4.69. The number of carboxylic acid groups (broad SMARTS) is 1. The fraction of sp³-hybridized carbons (Fsp3) is 0.261. The maximum absolute atomic E-state index is 12.8. The van der Waals surface area contributed by atoms with Gasteiger partial charge in [0, 0.05) is 5.56 Å². The van der Waals surface area contributed by atoms with Gasteiger partial charge in [-0.15, -0.1) is 11.3 Å². The van der Waals surface area contributed by atoms with Crippen molar-refractivity contribution in [3.8, 4) is 16.3 Å². The van der Waals surface area contributed by atoms with E-state index in [4.69, 9.17) is 14.7 Å². The number of carbonyl (C=O) groups is 1. The molecule has 0 bridgehead atoms. The standard InChI is InChI=1S/C23H21F3N2O4S/c1-13-10-17(6-9-19(13)31-12-21(29)30)14(2)28-32-11-20-15(3)27-22(33-20)16-4-7-18(8-5-16)23(24,25)26/h4-10H,11-12H2,1-3H3,(H,29,30). The molecule has 10 heteroatoms. The van der Waals surface area contributed by atoms with Gasteiger partial charge in [0.05, 0.1) is 21.8 Å². The van der Waals surface area contributed by atoms with Crippen molar-refractivity contribution in [2.75, 3.05) is 6.61 Å². The normalized spacial score (nSPS) is 12.0. The monoisotopic (exact) mass is 478 g/mol. The minimum absolute atomic E-state index is 0.167. The van der Waals surface area contributed by atoms with Crippen LogP contribution in [-0.2, 0) is 22.4 Å². The van der Waals surface area contributed by atoms with Crippen LogP contribution in [0.3, 0.4) is 0 Å². The van der Waals surface area contributed by atoms with Gasteiger partial charge in [0.25, 0.3) is 0 Å². The number of alkyl halides is 3. The summed E-state index contributed by atoms with van der Waals surface area (Å²) in [5.74, 6) is -0.574. The Morgan fingerprint density at radius 3 is 2.45 bits per heavy atom. The molecule has 0 atom stereocenters. The van der Waals surface area contributed by atoms with E-state index >= 15 is 0 Å². The van der Waals surface area contributed by atoms with Crippen LogP contribution in [0.1, 0.15) is 34.2 Å². The van der Waals surface area contributed by atoms with Crippen molar-refractivity contribution in [3.63, 3.8) is 0 Å². The topological polar surface area (TPSA) is 81.0 Å². The minimum atomic E-state index is -4.38. The third kappa shape index (κ3) is 6.32. The molecule has 6 nitrogen and oxygen atoms in total. The molecular weight excluding hydrogens is 457 g/mol. The number of aryl methyl sites for hydroxylation is 2. The molecule has 33 heavy (non-hydrogen) atoms. The Morgan fingerprint density at radius 1 is 1.15 bits per heavy atom. The minimum Gasteiger partial charge on any atom is -0.482 e. The number of rotatable bonds is 8. The van der Waals surface area contributed by atoms with Gasteiger partial charge < -0.3 is 14.7 Å². The fourth-order valence-corrected chi connectivity index (χ4v) is 3.88. The Bertz CT molecular complexity index is 1170. The molecule has 0 aliphatic heterocycles. The molecule has 3 rings (SSSR count). The number of hydrogen-bond donors (Lipinski definition) is 1. The number of benzene rings is 2. The molecule has 0 saturated carbocycles. The first-order valence-electron chi connectivity index (χ1n) is 9.80. The number of thiazole rings is 1. The van der Waals surface area contributed by atoms with E-state index in [1.54, 1.807) is 32.9 Å². The molecule has 0 radical (unpaired) electrons. The average Bonchev–Trinajstić information content (AvgIpc) is 3.12. The molecule has 174 valence electrons. The van der Waals surface area contributed by atoms with Crippen LogP contribution in [0.4, 0.5) is 13.2 Å². The van der Waals surface area contributed by atoms with Crippen LogP contribution in [0, 0.1) is 13.8 Å². The van der Waals surface area contributed by atoms with E-state index in [0.717, 1.165) is 33.8 Å². The summed E-state index contributed by atoms with van der Waals surface area (Å²) in [7, 11) is 0. The summed E-state index contributed by atoms with van der Waals surface area (Å²) >= 11 is 1.33. The summed E-state index contributed by atoms with van der Waals surface area (Å²) < 4.78 is 43.5. The van der Waals surface area contributed by atoms with Crippen LogP contribution in [-0.4, -0.2) is 28.4 Å². The first kappa shape index (κ1) is 24.2. The summed E-state index contributed by atoms with van der Waals surface area (Å²) in [5, 5.41) is 13.5. The van der Waals surface area contributed by atoms with Gasteiger partial charge in [-0.2, -0.15) is 13.2 Å². The highest BCUT2D eigenvalue weighted by Gasteiger charge is 2.30. The molecule has 1 N–H and O–H groups in total. The third-order valence-corrected chi connectivity index (χ3v) is 5.87. The lowest BCUT2D eigenvalue weighted by molar-refractivity contribution is -0.139. The van der Waals surface area contributed by atoms with E-state index in [9.17, 15) is 18.0 Å². The first-order valence-corrected chi connectivity index (χ1v) is 10.6. The molecule has 0 saturated heterocycles. The maximum Gasteiger partial charge on any atom is 0.416 e. The van der Waals surface area contributed by atoms with Crippen molar-refractivity contribution < 1.29 is 32.6 Å². The molecule has 0 amide bonds. The van der Waals surface area contributed by atoms with Crippen LogP contribution in [0.5, 0.6) is 5.75 Å². The van der Waals surface area contributed by atoms with Gasteiger partial charge in [0.1, 0.15) is 10.8 Å². The zero-order chi connectivity index (χ0) is 24.2. The van der Waals surface area contributed by atoms with Crippen LogP contribution in [0.15, 0.2) is 47.6 Å². The molecule has 0 unspecified atom stereocenters. The lowest BCUT2D eigenvalue weighted by Gasteiger charge is -2.09. The number of aromatic nitrogens is 1. The molecule has 0 spiro atoms. The Hall–Kier alpha value is -3.40. The Morgan fingerprint density at radius 2 is 1.85 bits per heavy atom. The van der Waals surface area contributed by atoms with Crippen molar-refractivity contribution in [1.82, 2.24) is 4.98 Å². The maximum atomic E-state index is 12.8. The molecule has 0 fully saturated rings. The van der Waals surface area contributed by atoms with Crippen LogP contribution in [0.25, 0.3) is 10.6 Å². The molecule has 2 aromatic carbocycles. The van der Waals surface area contributed by atoms with Crippen LogP contribution < -0.4 is 4.74 Å². The van der Waals surface area contributed by atoms with Crippen molar-refractivity contribution in [1.29, 1.82) is 0 Å². The Kier molecular flexibility index (Phi) is 7.37. The number of oxime groups is 1. The predicted molar refractivity (Wildman–Crippen MR) is 119 cm³/mol. The number of nitrogens with zero attached hydrogens (tertiary/aromatic N) is 2. The zero-order valence-corrected chi connectivity index (χ0v) is 18.9. The van der Waals surface area contributed by atoms with Gasteiger partial charge in [-0.1, -0.05) is 17.3 Å². The zero-order valence-electron chi connectivity index (χ0n) is 18.1. The molecule has 0 aliphatic carbocycles. The Labute approximate surface area is 192 Å². The molecule has 1 aromatic heterocycles. The highest BCUT2D eigenvalue weighted by molar-refractivity contribution is 7.15. The quantitative estimate of drug-likeness (QED) is 0.325. The van der Waals surface area contributed by atoms with E-state index < -0.39 is 24.3 Å². The lowest BCUT2D eigenvalue weighted by atomic mass is 10.1. The van der Waals surface area contributed by atoms with Crippen molar-refractivity contribution in [3.05, 3.63) is 69.7 Å². The van der Waals surface area contributed by atoms with E-state index in [0.29, 0.717) is 22.0 Å². The highest BCUT2D eigenvalue weighted by Crippen LogP contribution is 2.33. The molecule has 3 aromatic rings. The number of aliphatic carboxylic acids is 1. The van der Waals surface area contributed by atoms with Crippen molar-refractivity contribution >= 4 is 23.0 Å². The van der Waals surface area contributed by atoms with Crippen molar-refractivity contribution in [2.24, 2.45) is 5.16 Å². The second kappa shape index (κ2) is 10.0.